The van der Waals surface area contributed by atoms with E-state index in [1.165, 1.54) is 25.1 Å². The Labute approximate surface area is 147 Å². The Morgan fingerprint density at radius 3 is 2.23 bits per heavy atom. The molecule has 0 saturated carbocycles. The van der Waals surface area contributed by atoms with Gasteiger partial charge in [0.15, 0.2) is 0 Å². The van der Waals surface area contributed by atoms with Crippen LogP contribution in [0, 0.1) is 11.3 Å². The molecule has 140 valence electrons. The van der Waals surface area contributed by atoms with Crippen molar-refractivity contribution in [3.8, 4) is 0 Å². The predicted molar refractivity (Wildman–Crippen MR) is 85.1 cm³/mol. The van der Waals surface area contributed by atoms with Crippen molar-refractivity contribution in [3.05, 3.63) is 59.2 Å². The Balaban J connectivity index is 2.67. The number of allylic oxidation sites excluding steroid dienone is 2. The average Bonchev–Trinajstić information content (AvgIpc) is 2.53. The molecule has 2 rings (SSSR count). The Bertz CT molecular complexity index is 807. The lowest BCUT2D eigenvalue weighted by atomic mass is 9.61. The first-order valence-corrected chi connectivity index (χ1v) is 7.58. The fourth-order valence-electron chi connectivity index (χ4n) is 3.32. The van der Waals surface area contributed by atoms with Crippen LogP contribution < -0.4 is 0 Å². The van der Waals surface area contributed by atoms with Crippen molar-refractivity contribution in [1.82, 2.24) is 0 Å². The maximum Gasteiger partial charge on any atom is 0.416 e. The van der Waals surface area contributed by atoms with Crippen LogP contribution in [-0.2, 0) is 21.4 Å². The number of halogens is 3. The van der Waals surface area contributed by atoms with Crippen LogP contribution in [0.15, 0.2) is 48.1 Å². The van der Waals surface area contributed by atoms with Gasteiger partial charge in [-0.2, -0.15) is 13.2 Å². The zero-order chi connectivity index (χ0) is 19.9. The molecule has 1 aliphatic carbocycles. The van der Waals surface area contributed by atoms with Crippen molar-refractivity contribution in [2.45, 2.75) is 25.6 Å². The zero-order valence-electron chi connectivity index (χ0n) is 13.9. The molecular weight excluding hydrogens is 353 g/mol. The van der Waals surface area contributed by atoms with Gasteiger partial charge in [-0.05, 0) is 31.5 Å². The van der Waals surface area contributed by atoms with E-state index in [1.54, 1.807) is 0 Å². The van der Waals surface area contributed by atoms with Gasteiger partial charge in [-0.25, -0.2) is 4.79 Å². The molecule has 0 aliphatic heterocycles. The fourth-order valence-corrected chi connectivity index (χ4v) is 3.32. The normalized spacial score (nSPS) is 25.3. The van der Waals surface area contributed by atoms with E-state index in [-0.39, 0.29) is 5.56 Å². The van der Waals surface area contributed by atoms with Crippen molar-refractivity contribution in [1.29, 1.82) is 0 Å². The second-order valence-corrected chi connectivity index (χ2v) is 6.53. The Morgan fingerprint density at radius 2 is 1.73 bits per heavy atom. The molecule has 3 atom stereocenters. The highest BCUT2D eigenvalue weighted by Gasteiger charge is 2.54. The van der Waals surface area contributed by atoms with Crippen molar-refractivity contribution in [2.24, 2.45) is 11.3 Å². The smallest absolute Gasteiger partial charge is 0.416 e. The number of carbonyl (C=O) groups is 2. The van der Waals surface area contributed by atoms with Crippen molar-refractivity contribution in [2.75, 3.05) is 0 Å². The lowest BCUT2D eigenvalue weighted by Gasteiger charge is -2.43. The summed E-state index contributed by atoms with van der Waals surface area (Å²) in [6, 6.07) is 3.79. The highest BCUT2D eigenvalue weighted by molar-refractivity contribution is 5.91. The molecule has 0 fully saturated rings. The predicted octanol–water partition coefficient (Wildman–Crippen LogP) is 3.20. The Kier molecular flexibility index (Phi) is 4.76. The molecule has 0 spiro atoms. The summed E-state index contributed by atoms with van der Waals surface area (Å²) in [7, 11) is 0. The monoisotopic (exact) mass is 370 g/mol. The van der Waals surface area contributed by atoms with E-state index in [2.05, 4.69) is 0 Å². The van der Waals surface area contributed by atoms with E-state index < -0.39 is 46.2 Å². The minimum Gasteiger partial charge on any atom is -0.481 e. The van der Waals surface area contributed by atoms with Crippen LogP contribution in [0.3, 0.4) is 0 Å². The second-order valence-electron chi connectivity index (χ2n) is 6.53. The number of alkyl halides is 3. The molecule has 0 aromatic heterocycles. The quantitative estimate of drug-likeness (QED) is 0.757. The lowest BCUT2D eigenvalue weighted by Crippen LogP contribution is -2.49. The van der Waals surface area contributed by atoms with Crippen LogP contribution in [0.1, 0.15) is 25.0 Å². The van der Waals surface area contributed by atoms with E-state index >= 15 is 0 Å². The van der Waals surface area contributed by atoms with Crippen LogP contribution in [0.4, 0.5) is 13.2 Å². The van der Waals surface area contributed by atoms with Crippen molar-refractivity contribution in [3.63, 3.8) is 0 Å². The number of carboxylic acids is 2. The van der Waals surface area contributed by atoms with Gasteiger partial charge in [0.1, 0.15) is 0 Å². The van der Waals surface area contributed by atoms with Crippen LogP contribution in [0.2, 0.25) is 0 Å². The highest BCUT2D eigenvalue weighted by atomic mass is 19.4. The third-order valence-corrected chi connectivity index (χ3v) is 4.67. The number of benzene rings is 1. The molecule has 3 unspecified atom stereocenters. The SMILES string of the molecule is CC1(C(=O)O)C=CC=C(C(=O)O)C1C(C)(O)c1cccc(C(F)(F)F)c1. The molecular formula is C18H17F3O5. The number of aliphatic hydroxyl groups is 1. The van der Waals surface area contributed by atoms with Gasteiger partial charge in [0.25, 0.3) is 0 Å². The third kappa shape index (κ3) is 3.24. The minimum absolute atomic E-state index is 0.229. The summed E-state index contributed by atoms with van der Waals surface area (Å²) in [6.07, 6.45) is -1.06. The molecule has 0 amide bonds. The Morgan fingerprint density at radius 1 is 1.15 bits per heavy atom. The maximum absolute atomic E-state index is 13.0. The molecule has 0 heterocycles. The minimum atomic E-state index is -4.67. The number of hydrogen-bond acceptors (Lipinski definition) is 3. The molecule has 26 heavy (non-hydrogen) atoms. The number of carboxylic acid groups (broad SMARTS) is 2. The lowest BCUT2D eigenvalue weighted by molar-refractivity contribution is -0.155. The number of hydrogen-bond donors (Lipinski definition) is 3. The van der Waals surface area contributed by atoms with E-state index in [0.29, 0.717) is 6.07 Å². The summed E-state index contributed by atoms with van der Waals surface area (Å²) in [5.41, 5.74) is -5.68. The first kappa shape index (κ1) is 19.7. The maximum atomic E-state index is 13.0. The summed E-state index contributed by atoms with van der Waals surface area (Å²) in [5.74, 6) is -4.38. The molecule has 1 aromatic rings. The first-order valence-electron chi connectivity index (χ1n) is 7.58. The van der Waals surface area contributed by atoms with Gasteiger partial charge in [-0.15, -0.1) is 0 Å². The fraction of sp³-hybridized carbons (Fsp3) is 0.333. The van der Waals surface area contributed by atoms with Crippen LogP contribution in [0.5, 0.6) is 0 Å². The van der Waals surface area contributed by atoms with Crippen LogP contribution >= 0.6 is 0 Å². The molecule has 8 heteroatoms. The van der Waals surface area contributed by atoms with Crippen molar-refractivity contribution < 1.29 is 38.1 Å². The Hall–Kier alpha value is -2.61. The number of rotatable bonds is 4. The van der Waals surface area contributed by atoms with Crippen LogP contribution in [0.25, 0.3) is 0 Å². The first-order chi connectivity index (χ1) is 11.8. The summed E-state index contributed by atoms with van der Waals surface area (Å²) in [4.78, 5) is 23.4. The molecule has 3 N–H and O–H groups in total. The van der Waals surface area contributed by atoms with Gasteiger partial charge in [0, 0.05) is 11.5 Å². The van der Waals surface area contributed by atoms with Gasteiger partial charge in [-0.3, -0.25) is 4.79 Å². The van der Waals surface area contributed by atoms with Gasteiger partial charge in [-0.1, -0.05) is 30.4 Å². The largest absolute Gasteiger partial charge is 0.481 e. The van der Waals surface area contributed by atoms with Gasteiger partial charge >= 0.3 is 18.1 Å². The van der Waals surface area contributed by atoms with Gasteiger partial charge < -0.3 is 15.3 Å². The molecule has 5 nitrogen and oxygen atoms in total. The number of aliphatic carboxylic acids is 2. The molecule has 0 bridgehead atoms. The summed E-state index contributed by atoms with van der Waals surface area (Å²) < 4.78 is 39.0. The summed E-state index contributed by atoms with van der Waals surface area (Å²) in [6.45, 7) is 2.33. The summed E-state index contributed by atoms with van der Waals surface area (Å²) >= 11 is 0. The second kappa shape index (κ2) is 6.28. The molecule has 0 radical (unpaired) electrons. The van der Waals surface area contributed by atoms with Gasteiger partial charge in [0.2, 0.25) is 0 Å². The van der Waals surface area contributed by atoms with Gasteiger partial charge in [0.05, 0.1) is 16.6 Å². The van der Waals surface area contributed by atoms with E-state index in [0.717, 1.165) is 25.1 Å². The molecule has 0 saturated heterocycles. The highest BCUT2D eigenvalue weighted by Crippen LogP contribution is 2.49. The third-order valence-electron chi connectivity index (χ3n) is 4.67. The van der Waals surface area contributed by atoms with E-state index in [4.69, 9.17) is 0 Å². The zero-order valence-corrected chi connectivity index (χ0v) is 13.9. The topological polar surface area (TPSA) is 94.8 Å². The van der Waals surface area contributed by atoms with Crippen LogP contribution in [-0.4, -0.2) is 27.3 Å². The van der Waals surface area contributed by atoms with E-state index in [9.17, 15) is 38.1 Å². The standard InChI is InChI=1S/C18H17F3O5/c1-16(15(24)25)8-4-7-12(14(22)23)13(16)17(2,26)10-5-3-6-11(9-10)18(19,20)21/h3-9,13,26H,1-2H3,(H,22,23)(H,24,25). The summed E-state index contributed by atoms with van der Waals surface area (Å²) in [5, 5.41) is 30.1. The van der Waals surface area contributed by atoms with E-state index in [1.807, 2.05) is 0 Å². The molecule has 1 aliphatic rings. The molecule has 1 aromatic carbocycles. The van der Waals surface area contributed by atoms with Crippen molar-refractivity contribution >= 4 is 11.9 Å². The average molecular weight is 370 g/mol.